The summed E-state index contributed by atoms with van der Waals surface area (Å²) < 4.78 is 42.3. The molecule has 1 heterocycles. The summed E-state index contributed by atoms with van der Waals surface area (Å²) in [6.45, 7) is 0.859. The van der Waals surface area contributed by atoms with Crippen LogP contribution in [0.3, 0.4) is 0 Å². The molecule has 34 heavy (non-hydrogen) atoms. The van der Waals surface area contributed by atoms with Crippen LogP contribution in [0.15, 0.2) is 72.8 Å². The molecule has 0 aromatic heterocycles. The normalized spacial score (nSPS) is 13.7. The van der Waals surface area contributed by atoms with E-state index in [0.29, 0.717) is 38.2 Å². The van der Waals surface area contributed by atoms with Gasteiger partial charge in [0.1, 0.15) is 17.6 Å². The third kappa shape index (κ3) is 5.54. The van der Waals surface area contributed by atoms with Crippen LogP contribution in [0.25, 0.3) is 0 Å². The van der Waals surface area contributed by atoms with Gasteiger partial charge in [-0.15, -0.1) is 0 Å². The molecule has 178 valence electrons. The minimum atomic E-state index is -3.19. The number of aliphatic carboxylic acids is 1. The van der Waals surface area contributed by atoms with Gasteiger partial charge in [-0.05, 0) is 60.8 Å². The zero-order valence-corrected chi connectivity index (χ0v) is 18.7. The highest BCUT2D eigenvalue weighted by Crippen LogP contribution is 2.44. The average molecular weight is 468 g/mol. The number of alkyl halides is 2. The van der Waals surface area contributed by atoms with E-state index in [4.69, 9.17) is 14.6 Å². The highest BCUT2D eigenvalue weighted by atomic mass is 19.3. The maximum Gasteiger partial charge on any atom is 0.317 e. The van der Waals surface area contributed by atoms with Crippen molar-refractivity contribution in [3.05, 3.63) is 95.1 Å². The van der Waals surface area contributed by atoms with Gasteiger partial charge in [0.05, 0.1) is 18.7 Å². The van der Waals surface area contributed by atoms with Crippen LogP contribution in [0.2, 0.25) is 0 Å². The molecular formula is C27H27F2NO4. The first-order valence-corrected chi connectivity index (χ1v) is 11.3. The summed E-state index contributed by atoms with van der Waals surface area (Å²) in [4.78, 5) is 10.7. The molecule has 1 atom stereocenters. The Hall–Kier alpha value is -3.45. The zero-order chi connectivity index (χ0) is 24.0. The van der Waals surface area contributed by atoms with Gasteiger partial charge < -0.3 is 19.9 Å². The van der Waals surface area contributed by atoms with Crippen LogP contribution in [-0.2, 0) is 17.1 Å². The molecule has 2 N–H and O–H groups in total. The quantitative estimate of drug-likeness (QED) is 0.373. The highest BCUT2D eigenvalue weighted by molar-refractivity contribution is 5.68. The number of nitrogens with one attached hydrogen (secondary N) is 1. The molecule has 0 fully saturated rings. The molecule has 1 aliphatic heterocycles. The Morgan fingerprint density at radius 1 is 1.06 bits per heavy atom. The molecule has 0 saturated heterocycles. The van der Waals surface area contributed by atoms with E-state index in [1.807, 2.05) is 36.4 Å². The smallest absolute Gasteiger partial charge is 0.317 e. The Morgan fingerprint density at radius 3 is 2.56 bits per heavy atom. The second kappa shape index (κ2) is 10.7. The predicted octanol–water partition coefficient (Wildman–Crippen LogP) is 5.34. The number of halogens is 2. The van der Waals surface area contributed by atoms with E-state index in [-0.39, 0.29) is 29.5 Å². The van der Waals surface area contributed by atoms with Gasteiger partial charge in [-0.3, -0.25) is 4.79 Å². The molecule has 0 aliphatic carbocycles. The second-order valence-corrected chi connectivity index (χ2v) is 8.22. The number of hydrogen-bond acceptors (Lipinski definition) is 4. The molecule has 1 aliphatic rings. The van der Waals surface area contributed by atoms with E-state index in [1.165, 1.54) is 18.2 Å². The molecule has 1 unspecified atom stereocenters. The maximum absolute atomic E-state index is 15.3. The fourth-order valence-electron chi connectivity index (χ4n) is 4.09. The molecule has 3 aromatic carbocycles. The molecule has 0 amide bonds. The number of carbonyl (C=O) groups is 1. The van der Waals surface area contributed by atoms with E-state index in [0.717, 1.165) is 11.1 Å². The molecule has 5 nitrogen and oxygen atoms in total. The van der Waals surface area contributed by atoms with Crippen molar-refractivity contribution in [1.82, 2.24) is 5.32 Å². The van der Waals surface area contributed by atoms with Gasteiger partial charge in [0.2, 0.25) is 0 Å². The third-order valence-electron chi connectivity index (χ3n) is 5.82. The van der Waals surface area contributed by atoms with Crippen molar-refractivity contribution in [2.75, 3.05) is 19.7 Å². The van der Waals surface area contributed by atoms with Gasteiger partial charge in [0.15, 0.2) is 0 Å². The molecule has 4 rings (SSSR count). The number of hydrogen-bond donors (Lipinski definition) is 2. The first-order valence-electron chi connectivity index (χ1n) is 11.3. The van der Waals surface area contributed by atoms with Crippen molar-refractivity contribution < 1.29 is 28.2 Å². The van der Waals surface area contributed by atoms with Gasteiger partial charge in [0, 0.05) is 12.0 Å². The van der Waals surface area contributed by atoms with Crippen molar-refractivity contribution in [3.8, 4) is 11.5 Å². The fourth-order valence-corrected chi connectivity index (χ4v) is 4.09. The van der Waals surface area contributed by atoms with E-state index in [9.17, 15) is 4.79 Å². The highest BCUT2D eigenvalue weighted by Gasteiger charge is 2.38. The van der Waals surface area contributed by atoms with Crippen LogP contribution in [0.5, 0.6) is 11.5 Å². The number of carboxylic acids is 1. The molecule has 7 heteroatoms. The van der Waals surface area contributed by atoms with Crippen LogP contribution in [0.1, 0.15) is 41.2 Å². The van der Waals surface area contributed by atoms with Crippen LogP contribution in [0, 0.1) is 0 Å². The van der Waals surface area contributed by atoms with Crippen molar-refractivity contribution in [2.24, 2.45) is 0 Å². The lowest BCUT2D eigenvalue weighted by Gasteiger charge is -2.22. The Kier molecular flexibility index (Phi) is 7.43. The van der Waals surface area contributed by atoms with Crippen LogP contribution in [-0.4, -0.2) is 30.8 Å². The summed E-state index contributed by atoms with van der Waals surface area (Å²) in [5.74, 6) is -3.32. The summed E-state index contributed by atoms with van der Waals surface area (Å²) in [5, 5.41) is 11.6. The second-order valence-electron chi connectivity index (χ2n) is 8.22. The lowest BCUT2D eigenvalue weighted by molar-refractivity contribution is -0.135. The predicted molar refractivity (Wildman–Crippen MR) is 125 cm³/mol. The van der Waals surface area contributed by atoms with Crippen LogP contribution >= 0.6 is 0 Å². The Morgan fingerprint density at radius 2 is 1.82 bits per heavy atom. The van der Waals surface area contributed by atoms with E-state index in [1.54, 1.807) is 18.2 Å². The van der Waals surface area contributed by atoms with Gasteiger partial charge in [0.25, 0.3) is 0 Å². The summed E-state index contributed by atoms with van der Waals surface area (Å²) in [6, 6.07) is 20.4. The minimum Gasteiger partial charge on any atom is -0.492 e. The van der Waals surface area contributed by atoms with Crippen molar-refractivity contribution in [1.29, 1.82) is 0 Å². The minimum absolute atomic E-state index is 0.0950. The first kappa shape index (κ1) is 23.7. The summed E-state index contributed by atoms with van der Waals surface area (Å²) in [6.07, 6.45) is 1.69. The zero-order valence-electron chi connectivity index (χ0n) is 18.7. The Balaban J connectivity index is 1.47. The lowest BCUT2D eigenvalue weighted by Crippen LogP contribution is -2.24. The number of rotatable bonds is 11. The standard InChI is InChI=1S/C27H27F2NO4/c28-27(29,23-9-4-8-20-15-17-33-26(20)23)21-11-13-22(14-12-21)34-24(19-6-2-1-3-7-19)10-5-16-30-18-25(31)32/h1-4,6-9,11-14,24,30H,5,10,15-18H2,(H,31,32). The summed E-state index contributed by atoms with van der Waals surface area (Å²) >= 11 is 0. The molecular weight excluding hydrogens is 440 g/mol. The number of ether oxygens (including phenoxy) is 2. The number of benzene rings is 3. The van der Waals surface area contributed by atoms with Gasteiger partial charge in [-0.25, -0.2) is 0 Å². The number of para-hydroxylation sites is 1. The largest absolute Gasteiger partial charge is 0.492 e. The lowest BCUT2D eigenvalue weighted by atomic mass is 9.97. The summed E-state index contributed by atoms with van der Waals surface area (Å²) in [7, 11) is 0. The monoisotopic (exact) mass is 467 g/mol. The van der Waals surface area contributed by atoms with Crippen molar-refractivity contribution >= 4 is 5.97 Å². The summed E-state index contributed by atoms with van der Waals surface area (Å²) in [5.41, 5.74) is 1.53. The molecule has 0 bridgehead atoms. The topological polar surface area (TPSA) is 67.8 Å². The van der Waals surface area contributed by atoms with Crippen LogP contribution < -0.4 is 14.8 Å². The third-order valence-corrected chi connectivity index (χ3v) is 5.82. The van der Waals surface area contributed by atoms with Crippen LogP contribution in [0.4, 0.5) is 8.78 Å². The average Bonchev–Trinajstić information content (AvgIpc) is 3.33. The molecule has 0 spiro atoms. The SMILES string of the molecule is O=C(O)CNCCCC(Oc1ccc(C(F)(F)c2cccc3c2OCC3)cc1)c1ccccc1. The van der Waals surface area contributed by atoms with Gasteiger partial charge in [-0.1, -0.05) is 42.5 Å². The van der Waals surface area contributed by atoms with Gasteiger partial charge in [-0.2, -0.15) is 8.78 Å². The molecule has 0 radical (unpaired) electrons. The van der Waals surface area contributed by atoms with E-state index in [2.05, 4.69) is 5.32 Å². The Labute approximate surface area is 197 Å². The maximum atomic E-state index is 15.3. The van der Waals surface area contributed by atoms with Crippen molar-refractivity contribution in [2.45, 2.75) is 31.3 Å². The molecule has 3 aromatic rings. The number of carboxylic acid groups (broad SMARTS) is 1. The van der Waals surface area contributed by atoms with E-state index < -0.39 is 11.9 Å². The fraction of sp³-hybridized carbons (Fsp3) is 0.296. The first-order chi connectivity index (χ1) is 16.4. The molecule has 0 saturated carbocycles. The Bertz CT molecular complexity index is 1100. The van der Waals surface area contributed by atoms with Gasteiger partial charge >= 0.3 is 11.9 Å². The van der Waals surface area contributed by atoms with Crippen molar-refractivity contribution in [3.63, 3.8) is 0 Å². The van der Waals surface area contributed by atoms with E-state index >= 15 is 8.78 Å². The number of fused-ring (bicyclic) bond motifs is 1.